The molecule has 0 spiro atoms. The molecule has 0 heterocycles. The molecule has 0 aliphatic carbocycles. The van der Waals surface area contributed by atoms with E-state index in [4.69, 9.17) is 17.2 Å². The molecule has 0 aliphatic heterocycles. The van der Waals surface area contributed by atoms with Crippen molar-refractivity contribution in [2.45, 2.75) is 83.5 Å². The Morgan fingerprint density at radius 3 is 1.94 bits per heavy atom. The SMILES string of the molecule is CCC(C)C(NC(=O)C(C)N)C(=O)NC(CCCCN)C(=O)NC(CCC(N)=O)C(=O)O. The molecule has 0 radical (unpaired) electrons. The van der Waals surface area contributed by atoms with Crippen LogP contribution in [-0.2, 0) is 24.0 Å². The Morgan fingerprint density at radius 2 is 1.47 bits per heavy atom. The molecule has 0 bridgehead atoms. The van der Waals surface area contributed by atoms with Crippen molar-refractivity contribution in [3.63, 3.8) is 0 Å². The van der Waals surface area contributed by atoms with E-state index < -0.39 is 53.8 Å². The minimum atomic E-state index is -1.34. The lowest BCUT2D eigenvalue weighted by molar-refractivity contribution is -0.142. The Kier molecular flexibility index (Phi) is 13.8. The van der Waals surface area contributed by atoms with E-state index in [0.717, 1.165) is 0 Å². The third-order valence-electron chi connectivity index (χ3n) is 5.08. The second-order valence-electron chi connectivity index (χ2n) is 7.91. The number of nitrogens with one attached hydrogen (secondary N) is 3. The number of nitrogens with two attached hydrogens (primary N) is 3. The maximum absolute atomic E-state index is 12.9. The molecule has 5 unspecified atom stereocenters. The van der Waals surface area contributed by atoms with Gasteiger partial charge in [-0.2, -0.15) is 0 Å². The number of carbonyl (C=O) groups excluding carboxylic acids is 4. The number of amides is 4. The van der Waals surface area contributed by atoms with E-state index in [-0.39, 0.29) is 25.2 Å². The van der Waals surface area contributed by atoms with Crippen molar-refractivity contribution >= 4 is 29.6 Å². The van der Waals surface area contributed by atoms with Gasteiger partial charge in [-0.3, -0.25) is 19.2 Å². The first-order valence-corrected chi connectivity index (χ1v) is 10.8. The van der Waals surface area contributed by atoms with Gasteiger partial charge in [0, 0.05) is 6.42 Å². The fourth-order valence-corrected chi connectivity index (χ4v) is 2.83. The Labute approximate surface area is 188 Å². The minimum Gasteiger partial charge on any atom is -0.480 e. The second-order valence-corrected chi connectivity index (χ2v) is 7.91. The van der Waals surface area contributed by atoms with Gasteiger partial charge in [-0.1, -0.05) is 20.3 Å². The molecule has 4 amide bonds. The number of carboxylic acid groups (broad SMARTS) is 1. The van der Waals surface area contributed by atoms with Crippen LogP contribution in [0.15, 0.2) is 0 Å². The van der Waals surface area contributed by atoms with Crippen molar-refractivity contribution in [2.75, 3.05) is 6.54 Å². The Bertz CT molecular complexity index is 656. The Morgan fingerprint density at radius 1 is 0.875 bits per heavy atom. The maximum atomic E-state index is 12.9. The largest absolute Gasteiger partial charge is 0.480 e. The maximum Gasteiger partial charge on any atom is 0.326 e. The average Bonchev–Trinajstić information content (AvgIpc) is 2.72. The topological polar surface area (TPSA) is 220 Å². The van der Waals surface area contributed by atoms with Crippen molar-refractivity contribution in [2.24, 2.45) is 23.1 Å². The summed E-state index contributed by atoms with van der Waals surface area (Å²) in [4.78, 5) is 60.2. The van der Waals surface area contributed by atoms with E-state index in [9.17, 15) is 29.1 Å². The van der Waals surface area contributed by atoms with Gasteiger partial charge < -0.3 is 38.3 Å². The number of primary amides is 1. The second kappa shape index (κ2) is 15.1. The summed E-state index contributed by atoms with van der Waals surface area (Å²) in [5.41, 5.74) is 16.1. The van der Waals surface area contributed by atoms with E-state index in [0.29, 0.717) is 25.8 Å². The molecule has 0 saturated heterocycles. The van der Waals surface area contributed by atoms with Crippen LogP contribution < -0.4 is 33.2 Å². The van der Waals surface area contributed by atoms with Crippen LogP contribution in [0.4, 0.5) is 0 Å². The zero-order chi connectivity index (χ0) is 24.8. The third-order valence-corrected chi connectivity index (χ3v) is 5.08. The smallest absolute Gasteiger partial charge is 0.326 e. The first-order chi connectivity index (χ1) is 14.9. The van der Waals surface area contributed by atoms with Gasteiger partial charge in [0.25, 0.3) is 0 Å². The number of hydrogen-bond acceptors (Lipinski definition) is 7. The number of hydrogen-bond donors (Lipinski definition) is 7. The Hall–Kier alpha value is -2.73. The van der Waals surface area contributed by atoms with Gasteiger partial charge in [0.15, 0.2) is 0 Å². The van der Waals surface area contributed by atoms with Gasteiger partial charge in [0.05, 0.1) is 6.04 Å². The summed E-state index contributed by atoms with van der Waals surface area (Å²) in [6.45, 7) is 5.50. The molecule has 12 nitrogen and oxygen atoms in total. The van der Waals surface area contributed by atoms with Crippen LogP contribution in [0.1, 0.15) is 59.3 Å². The van der Waals surface area contributed by atoms with E-state index in [1.165, 1.54) is 6.92 Å². The predicted octanol–water partition coefficient (Wildman–Crippen LogP) is -1.69. The lowest BCUT2D eigenvalue weighted by Crippen LogP contribution is -2.58. The number of rotatable bonds is 16. The molecule has 0 aromatic carbocycles. The van der Waals surface area contributed by atoms with Crippen molar-refractivity contribution < 1.29 is 29.1 Å². The normalized spacial score (nSPS) is 15.5. The summed E-state index contributed by atoms with van der Waals surface area (Å²) in [5.74, 6) is -4.06. The molecular weight excluding hydrogens is 420 g/mol. The first-order valence-electron chi connectivity index (χ1n) is 10.8. The molecule has 0 aliphatic rings. The highest BCUT2D eigenvalue weighted by Gasteiger charge is 2.31. The zero-order valence-electron chi connectivity index (χ0n) is 19.1. The van der Waals surface area contributed by atoms with E-state index in [1.54, 1.807) is 6.92 Å². The summed E-state index contributed by atoms with van der Waals surface area (Å²) in [5, 5.41) is 16.9. The zero-order valence-corrected chi connectivity index (χ0v) is 19.1. The molecule has 5 atom stereocenters. The highest BCUT2D eigenvalue weighted by atomic mass is 16.4. The van der Waals surface area contributed by atoms with Crippen LogP contribution in [0.2, 0.25) is 0 Å². The van der Waals surface area contributed by atoms with E-state index in [1.807, 2.05) is 6.92 Å². The van der Waals surface area contributed by atoms with Crippen molar-refractivity contribution in [1.29, 1.82) is 0 Å². The molecule has 0 aromatic heterocycles. The number of aliphatic carboxylic acids is 1. The van der Waals surface area contributed by atoms with Gasteiger partial charge in [0.2, 0.25) is 23.6 Å². The van der Waals surface area contributed by atoms with Crippen LogP contribution in [0.3, 0.4) is 0 Å². The highest BCUT2D eigenvalue weighted by Crippen LogP contribution is 2.10. The van der Waals surface area contributed by atoms with E-state index in [2.05, 4.69) is 16.0 Å². The molecule has 0 aromatic rings. The van der Waals surface area contributed by atoms with Gasteiger partial charge in [0.1, 0.15) is 18.1 Å². The van der Waals surface area contributed by atoms with Gasteiger partial charge in [-0.05, 0) is 45.1 Å². The van der Waals surface area contributed by atoms with Crippen LogP contribution >= 0.6 is 0 Å². The summed E-state index contributed by atoms with van der Waals surface area (Å²) in [6, 6.07) is -4.14. The van der Waals surface area contributed by atoms with Crippen LogP contribution in [0.25, 0.3) is 0 Å². The molecule has 0 fully saturated rings. The molecule has 0 saturated carbocycles. The monoisotopic (exact) mass is 458 g/mol. The van der Waals surface area contributed by atoms with Crippen LogP contribution in [-0.4, -0.2) is 65.4 Å². The first kappa shape index (κ1) is 29.3. The third kappa shape index (κ3) is 11.0. The summed E-state index contributed by atoms with van der Waals surface area (Å²) in [6.07, 6.45) is 1.50. The standard InChI is InChI=1S/C20H38N6O6/c1-4-11(2)16(26-17(28)12(3)22)19(30)24-13(7-5-6-10-21)18(29)25-14(20(31)32)8-9-15(23)27/h11-14,16H,4-10,21-22H2,1-3H3,(H2,23,27)(H,24,30)(H,25,29)(H,26,28)(H,31,32). The minimum absolute atomic E-state index is 0.181. The molecule has 0 rings (SSSR count). The average molecular weight is 459 g/mol. The van der Waals surface area contributed by atoms with Crippen molar-refractivity contribution in [1.82, 2.24) is 16.0 Å². The number of carbonyl (C=O) groups is 5. The van der Waals surface area contributed by atoms with Gasteiger partial charge in [-0.15, -0.1) is 0 Å². The fraction of sp³-hybridized carbons (Fsp3) is 0.750. The molecular formula is C20H38N6O6. The lowest BCUT2D eigenvalue weighted by atomic mass is 9.97. The van der Waals surface area contributed by atoms with Crippen molar-refractivity contribution in [3.8, 4) is 0 Å². The number of unbranched alkanes of at least 4 members (excludes halogenated alkanes) is 1. The molecule has 32 heavy (non-hydrogen) atoms. The molecule has 12 heteroatoms. The summed E-state index contributed by atoms with van der Waals surface area (Å²) >= 11 is 0. The summed E-state index contributed by atoms with van der Waals surface area (Å²) in [7, 11) is 0. The van der Waals surface area contributed by atoms with E-state index >= 15 is 0 Å². The van der Waals surface area contributed by atoms with Crippen LogP contribution in [0, 0.1) is 5.92 Å². The molecule has 10 N–H and O–H groups in total. The quantitative estimate of drug-likeness (QED) is 0.132. The van der Waals surface area contributed by atoms with Crippen LogP contribution in [0.5, 0.6) is 0 Å². The van der Waals surface area contributed by atoms with Gasteiger partial charge in [-0.25, -0.2) is 4.79 Å². The highest BCUT2D eigenvalue weighted by molar-refractivity contribution is 5.94. The number of carboxylic acids is 1. The summed E-state index contributed by atoms with van der Waals surface area (Å²) < 4.78 is 0. The molecule has 184 valence electrons. The Balaban J connectivity index is 5.48. The lowest BCUT2D eigenvalue weighted by Gasteiger charge is -2.27. The van der Waals surface area contributed by atoms with Crippen molar-refractivity contribution in [3.05, 3.63) is 0 Å². The fourth-order valence-electron chi connectivity index (χ4n) is 2.83. The van der Waals surface area contributed by atoms with Gasteiger partial charge >= 0.3 is 5.97 Å². The predicted molar refractivity (Wildman–Crippen MR) is 118 cm³/mol.